The maximum atomic E-state index is 13.6. The third kappa shape index (κ3) is 0.991. The van der Waals surface area contributed by atoms with Crippen LogP contribution in [0.4, 0.5) is 4.39 Å². The first-order valence-electron chi connectivity index (χ1n) is 4.81. The number of hydrogen-bond acceptors (Lipinski definition) is 1. The second-order valence-corrected chi connectivity index (χ2v) is 4.99. The van der Waals surface area contributed by atoms with E-state index in [1.165, 1.54) is 6.07 Å². The summed E-state index contributed by atoms with van der Waals surface area (Å²) in [6, 6.07) is 3.22. The molecule has 1 aliphatic heterocycles. The van der Waals surface area contributed by atoms with Crippen LogP contribution in [0.2, 0.25) is 0 Å². The van der Waals surface area contributed by atoms with Crippen LogP contribution in [0, 0.1) is 17.7 Å². The number of rotatable bonds is 0. The largest absolute Gasteiger partial charge is 0.492 e. The molecule has 0 saturated heterocycles. The molecule has 3 heteroatoms. The minimum Gasteiger partial charge on any atom is -0.492 e. The average molecular weight is 257 g/mol. The highest BCUT2D eigenvalue weighted by Gasteiger charge is 2.53. The van der Waals surface area contributed by atoms with Gasteiger partial charge < -0.3 is 4.74 Å². The SMILES string of the molecule is C[C@@H]1[C@@H]2COc3c(Br)ccc(F)c3[C@H]12. The monoisotopic (exact) mass is 256 g/mol. The molecule has 1 heterocycles. The molecule has 14 heavy (non-hydrogen) atoms. The lowest BCUT2D eigenvalue weighted by Gasteiger charge is -2.18. The molecule has 0 aromatic heterocycles. The van der Waals surface area contributed by atoms with Crippen molar-refractivity contribution in [2.24, 2.45) is 11.8 Å². The van der Waals surface area contributed by atoms with Crippen LogP contribution in [-0.2, 0) is 0 Å². The zero-order valence-electron chi connectivity index (χ0n) is 7.76. The Labute approximate surface area is 90.4 Å². The van der Waals surface area contributed by atoms with Gasteiger partial charge >= 0.3 is 0 Å². The third-order valence-electron chi connectivity index (χ3n) is 3.41. The van der Waals surface area contributed by atoms with Gasteiger partial charge in [0.15, 0.2) is 0 Å². The number of benzene rings is 1. The van der Waals surface area contributed by atoms with Crippen LogP contribution < -0.4 is 4.74 Å². The molecule has 1 saturated carbocycles. The maximum absolute atomic E-state index is 13.6. The van der Waals surface area contributed by atoms with E-state index in [0.29, 0.717) is 17.8 Å². The summed E-state index contributed by atoms with van der Waals surface area (Å²) >= 11 is 3.39. The molecule has 1 aliphatic carbocycles. The van der Waals surface area contributed by atoms with Crippen molar-refractivity contribution in [3.63, 3.8) is 0 Å². The van der Waals surface area contributed by atoms with Gasteiger partial charge in [0.25, 0.3) is 0 Å². The van der Waals surface area contributed by atoms with Gasteiger partial charge in [-0.2, -0.15) is 0 Å². The van der Waals surface area contributed by atoms with Crippen LogP contribution in [0.1, 0.15) is 18.4 Å². The first-order chi connectivity index (χ1) is 6.70. The zero-order chi connectivity index (χ0) is 9.87. The third-order valence-corrected chi connectivity index (χ3v) is 4.03. The summed E-state index contributed by atoms with van der Waals surface area (Å²) in [5.41, 5.74) is 0.781. The number of halogens is 2. The van der Waals surface area contributed by atoms with Gasteiger partial charge in [-0.05, 0) is 39.9 Å². The van der Waals surface area contributed by atoms with Crippen molar-refractivity contribution in [2.75, 3.05) is 6.61 Å². The molecule has 0 spiro atoms. The lowest BCUT2D eigenvalue weighted by Crippen LogP contribution is -2.10. The van der Waals surface area contributed by atoms with Crippen LogP contribution in [0.15, 0.2) is 16.6 Å². The smallest absolute Gasteiger partial charge is 0.139 e. The molecule has 1 nitrogen and oxygen atoms in total. The van der Waals surface area contributed by atoms with Crippen molar-refractivity contribution >= 4 is 15.9 Å². The van der Waals surface area contributed by atoms with E-state index >= 15 is 0 Å². The predicted octanol–water partition coefficient (Wildman–Crippen LogP) is 3.33. The number of hydrogen-bond donors (Lipinski definition) is 0. The molecule has 0 N–H and O–H groups in total. The van der Waals surface area contributed by atoms with Crippen molar-refractivity contribution in [3.8, 4) is 5.75 Å². The molecule has 3 rings (SSSR count). The Morgan fingerprint density at radius 1 is 1.50 bits per heavy atom. The van der Waals surface area contributed by atoms with Gasteiger partial charge in [0, 0.05) is 11.5 Å². The van der Waals surface area contributed by atoms with E-state index in [1.54, 1.807) is 6.07 Å². The lowest BCUT2D eigenvalue weighted by molar-refractivity contribution is 0.270. The fourth-order valence-corrected chi connectivity index (χ4v) is 2.92. The minimum atomic E-state index is -0.123. The normalized spacial score (nSPS) is 32.9. The molecule has 0 amide bonds. The summed E-state index contributed by atoms with van der Waals surface area (Å²) in [7, 11) is 0. The van der Waals surface area contributed by atoms with E-state index in [0.717, 1.165) is 22.4 Å². The summed E-state index contributed by atoms with van der Waals surface area (Å²) in [5.74, 6) is 2.08. The highest BCUT2D eigenvalue weighted by atomic mass is 79.9. The summed E-state index contributed by atoms with van der Waals surface area (Å²) < 4.78 is 20.0. The summed E-state index contributed by atoms with van der Waals surface area (Å²) in [6.45, 7) is 2.90. The second kappa shape index (κ2) is 2.72. The van der Waals surface area contributed by atoms with Crippen LogP contribution in [0.5, 0.6) is 5.75 Å². The van der Waals surface area contributed by atoms with Gasteiger partial charge in [-0.3, -0.25) is 0 Å². The van der Waals surface area contributed by atoms with Crippen molar-refractivity contribution in [2.45, 2.75) is 12.8 Å². The first-order valence-corrected chi connectivity index (χ1v) is 5.60. The first kappa shape index (κ1) is 8.72. The quantitative estimate of drug-likeness (QED) is 0.692. The standard InChI is InChI=1S/C11H10BrFO/c1-5-6-4-14-11-7(12)2-3-8(13)10(11)9(5)6/h2-3,5-6,9H,4H2,1H3/t5-,6+,9-/m1/s1. The Bertz CT molecular complexity index is 405. The van der Waals surface area contributed by atoms with Gasteiger partial charge in [-0.15, -0.1) is 0 Å². The van der Waals surface area contributed by atoms with E-state index in [2.05, 4.69) is 22.9 Å². The van der Waals surface area contributed by atoms with E-state index in [1.807, 2.05) is 0 Å². The van der Waals surface area contributed by atoms with Crippen LogP contribution >= 0.6 is 15.9 Å². The maximum Gasteiger partial charge on any atom is 0.139 e. The summed E-state index contributed by atoms with van der Waals surface area (Å²) in [5, 5.41) is 0. The van der Waals surface area contributed by atoms with Gasteiger partial charge in [0.1, 0.15) is 11.6 Å². The molecule has 74 valence electrons. The van der Waals surface area contributed by atoms with Crippen molar-refractivity contribution in [1.82, 2.24) is 0 Å². The fraction of sp³-hybridized carbons (Fsp3) is 0.455. The van der Waals surface area contributed by atoms with Crippen LogP contribution in [0.3, 0.4) is 0 Å². The molecule has 2 aliphatic rings. The van der Waals surface area contributed by atoms with Gasteiger partial charge in [-0.25, -0.2) is 4.39 Å². The Kier molecular flexibility index (Phi) is 1.69. The molecule has 3 atom stereocenters. The Morgan fingerprint density at radius 2 is 2.29 bits per heavy atom. The molecule has 0 bridgehead atoms. The van der Waals surface area contributed by atoms with E-state index in [-0.39, 0.29) is 5.82 Å². The lowest BCUT2D eigenvalue weighted by atomic mass is 10.0. The highest BCUT2D eigenvalue weighted by Crippen LogP contribution is 2.60. The van der Waals surface area contributed by atoms with E-state index in [4.69, 9.17) is 4.74 Å². The Morgan fingerprint density at radius 3 is 3.07 bits per heavy atom. The van der Waals surface area contributed by atoms with Crippen molar-refractivity contribution in [1.29, 1.82) is 0 Å². The van der Waals surface area contributed by atoms with Crippen LogP contribution in [-0.4, -0.2) is 6.61 Å². The van der Waals surface area contributed by atoms with Crippen molar-refractivity contribution in [3.05, 3.63) is 28.0 Å². The molecular weight excluding hydrogens is 247 g/mol. The molecule has 1 fully saturated rings. The van der Waals surface area contributed by atoms with Gasteiger partial charge in [0.05, 0.1) is 11.1 Å². The highest BCUT2D eigenvalue weighted by molar-refractivity contribution is 9.10. The van der Waals surface area contributed by atoms with E-state index in [9.17, 15) is 4.39 Å². The topological polar surface area (TPSA) is 9.23 Å². The second-order valence-electron chi connectivity index (χ2n) is 4.13. The zero-order valence-corrected chi connectivity index (χ0v) is 9.34. The summed E-state index contributed by atoms with van der Waals surface area (Å²) in [4.78, 5) is 0. The molecular formula is C11H10BrFO. The minimum absolute atomic E-state index is 0.123. The Balaban J connectivity index is 2.19. The average Bonchev–Trinajstić information content (AvgIpc) is 2.84. The molecule has 1 aromatic rings. The van der Waals surface area contributed by atoms with Gasteiger partial charge in [-0.1, -0.05) is 6.92 Å². The Hall–Kier alpha value is -0.570. The molecule has 1 aromatic carbocycles. The van der Waals surface area contributed by atoms with Crippen LogP contribution in [0.25, 0.3) is 0 Å². The fourth-order valence-electron chi connectivity index (χ4n) is 2.46. The van der Waals surface area contributed by atoms with Gasteiger partial charge in [0.2, 0.25) is 0 Å². The predicted molar refractivity (Wildman–Crippen MR) is 55.0 cm³/mol. The molecule has 0 unspecified atom stereocenters. The number of ether oxygens (including phenoxy) is 1. The molecule has 0 radical (unpaired) electrons. The summed E-state index contributed by atoms with van der Waals surface area (Å²) in [6.07, 6.45) is 0. The number of fused-ring (bicyclic) bond motifs is 3. The van der Waals surface area contributed by atoms with E-state index < -0.39 is 0 Å². The van der Waals surface area contributed by atoms with Crippen molar-refractivity contribution < 1.29 is 9.13 Å².